The zero-order valence-corrected chi connectivity index (χ0v) is 14.0. The first kappa shape index (κ1) is 16.5. The van der Waals surface area contributed by atoms with Crippen LogP contribution in [-0.4, -0.2) is 31.5 Å². The first-order chi connectivity index (χ1) is 10.6. The molecule has 4 nitrogen and oxygen atoms in total. The third-order valence-electron chi connectivity index (χ3n) is 3.37. The molecular formula is C17H22N2O2S. The summed E-state index contributed by atoms with van der Waals surface area (Å²) in [7, 11) is 3.60. The van der Waals surface area contributed by atoms with Gasteiger partial charge in [0.05, 0.1) is 19.7 Å². The van der Waals surface area contributed by atoms with Crippen molar-refractivity contribution in [3.8, 4) is 5.75 Å². The number of hydrogen-bond acceptors (Lipinski definition) is 4. The Bertz CT molecular complexity index is 581. The summed E-state index contributed by atoms with van der Waals surface area (Å²) in [5, 5.41) is 5.05. The molecule has 1 heterocycles. The number of ether oxygens (including phenoxy) is 1. The van der Waals surface area contributed by atoms with Gasteiger partial charge in [0.25, 0.3) is 0 Å². The molecule has 0 fully saturated rings. The van der Waals surface area contributed by atoms with E-state index in [2.05, 4.69) is 5.32 Å². The number of benzene rings is 1. The van der Waals surface area contributed by atoms with Crippen LogP contribution in [0, 0.1) is 0 Å². The third kappa shape index (κ3) is 4.86. The van der Waals surface area contributed by atoms with Gasteiger partial charge in [0.2, 0.25) is 5.91 Å². The second-order valence-electron chi connectivity index (χ2n) is 5.32. The number of nitrogens with one attached hydrogen (secondary N) is 1. The maximum absolute atomic E-state index is 12.1. The van der Waals surface area contributed by atoms with Crippen LogP contribution in [0.5, 0.6) is 5.75 Å². The summed E-state index contributed by atoms with van der Waals surface area (Å²) in [4.78, 5) is 15.3. The van der Waals surface area contributed by atoms with E-state index in [9.17, 15) is 4.79 Å². The Labute approximate surface area is 135 Å². The van der Waals surface area contributed by atoms with Crippen LogP contribution in [-0.2, 0) is 11.3 Å². The van der Waals surface area contributed by atoms with Crippen molar-refractivity contribution in [1.29, 1.82) is 0 Å². The van der Waals surface area contributed by atoms with E-state index in [1.165, 1.54) is 4.88 Å². The molecule has 1 aromatic heterocycles. The summed E-state index contributed by atoms with van der Waals surface area (Å²) < 4.78 is 5.14. The number of hydrogen-bond donors (Lipinski definition) is 1. The van der Waals surface area contributed by atoms with Gasteiger partial charge >= 0.3 is 0 Å². The van der Waals surface area contributed by atoms with Crippen molar-refractivity contribution in [3.63, 3.8) is 0 Å². The van der Waals surface area contributed by atoms with Gasteiger partial charge in [-0.05, 0) is 43.1 Å². The van der Waals surface area contributed by atoms with E-state index < -0.39 is 0 Å². The fraction of sp³-hybridized carbons (Fsp3) is 0.353. The molecule has 118 valence electrons. The molecule has 0 aliphatic heterocycles. The lowest BCUT2D eigenvalue weighted by molar-refractivity contribution is -0.122. The van der Waals surface area contributed by atoms with Crippen LogP contribution >= 0.6 is 11.3 Å². The summed E-state index contributed by atoms with van der Waals surface area (Å²) in [5.74, 6) is 0.880. The molecule has 22 heavy (non-hydrogen) atoms. The lowest BCUT2D eigenvalue weighted by Crippen LogP contribution is -2.36. The lowest BCUT2D eigenvalue weighted by atomic mass is 10.2. The normalized spacial score (nSPS) is 12.2. The Morgan fingerprint density at radius 1 is 1.32 bits per heavy atom. The van der Waals surface area contributed by atoms with Gasteiger partial charge < -0.3 is 10.1 Å². The maximum atomic E-state index is 12.1. The Morgan fingerprint density at radius 3 is 2.64 bits per heavy atom. The predicted octanol–water partition coefficient (Wildman–Crippen LogP) is 3.07. The van der Waals surface area contributed by atoms with Gasteiger partial charge in [-0.2, -0.15) is 0 Å². The quantitative estimate of drug-likeness (QED) is 0.853. The standard InChI is InChI=1S/C17H22N2O2S/c1-13(16-5-4-10-22-16)18-17(20)12-19(2)11-14-6-8-15(21-3)9-7-14/h4-10,13H,11-12H2,1-3H3,(H,18,20)/t13-/m0/s1. The largest absolute Gasteiger partial charge is 0.497 e. The van der Waals surface area contributed by atoms with Crippen molar-refractivity contribution in [3.05, 3.63) is 52.2 Å². The summed E-state index contributed by atoms with van der Waals surface area (Å²) in [6.07, 6.45) is 0. The molecule has 0 saturated heterocycles. The number of likely N-dealkylation sites (N-methyl/N-ethyl adjacent to an activating group) is 1. The van der Waals surface area contributed by atoms with E-state index in [0.29, 0.717) is 6.54 Å². The van der Waals surface area contributed by atoms with Crippen LogP contribution < -0.4 is 10.1 Å². The fourth-order valence-corrected chi connectivity index (χ4v) is 2.97. The topological polar surface area (TPSA) is 41.6 Å². The highest BCUT2D eigenvalue weighted by Gasteiger charge is 2.12. The van der Waals surface area contributed by atoms with Crippen molar-refractivity contribution in [2.45, 2.75) is 19.5 Å². The van der Waals surface area contributed by atoms with Gasteiger partial charge in [-0.25, -0.2) is 0 Å². The minimum atomic E-state index is 0.0388. The number of rotatable bonds is 7. The van der Waals surface area contributed by atoms with Gasteiger partial charge in [-0.1, -0.05) is 18.2 Å². The fourth-order valence-electron chi connectivity index (χ4n) is 2.24. The molecule has 2 rings (SSSR count). The van der Waals surface area contributed by atoms with Crippen molar-refractivity contribution in [1.82, 2.24) is 10.2 Å². The minimum Gasteiger partial charge on any atom is -0.497 e. The van der Waals surface area contributed by atoms with Crippen LogP contribution in [0.15, 0.2) is 41.8 Å². The van der Waals surface area contributed by atoms with Crippen molar-refractivity contribution < 1.29 is 9.53 Å². The van der Waals surface area contributed by atoms with Gasteiger partial charge in [-0.3, -0.25) is 9.69 Å². The Morgan fingerprint density at radius 2 is 2.05 bits per heavy atom. The second-order valence-corrected chi connectivity index (χ2v) is 6.30. The average molecular weight is 318 g/mol. The minimum absolute atomic E-state index is 0.0388. The highest BCUT2D eigenvalue weighted by atomic mass is 32.1. The highest BCUT2D eigenvalue weighted by Crippen LogP contribution is 2.18. The van der Waals surface area contributed by atoms with Crippen molar-refractivity contribution in [2.75, 3.05) is 20.7 Å². The zero-order valence-electron chi connectivity index (χ0n) is 13.2. The van der Waals surface area contributed by atoms with Gasteiger partial charge in [0.1, 0.15) is 5.75 Å². The van der Waals surface area contributed by atoms with Crippen molar-refractivity contribution in [2.24, 2.45) is 0 Å². The molecule has 2 aromatic rings. The SMILES string of the molecule is COc1ccc(CN(C)CC(=O)N[C@@H](C)c2cccs2)cc1. The predicted molar refractivity (Wildman–Crippen MR) is 90.2 cm³/mol. The monoisotopic (exact) mass is 318 g/mol. The maximum Gasteiger partial charge on any atom is 0.234 e. The molecule has 0 unspecified atom stereocenters. The summed E-state index contributed by atoms with van der Waals surface area (Å²) >= 11 is 1.66. The van der Waals surface area contributed by atoms with Crippen LogP contribution in [0.3, 0.4) is 0 Å². The first-order valence-electron chi connectivity index (χ1n) is 7.22. The van der Waals surface area contributed by atoms with E-state index >= 15 is 0 Å². The molecule has 0 aliphatic carbocycles. The molecule has 0 aliphatic rings. The number of carbonyl (C=O) groups excluding carboxylic acids is 1. The van der Waals surface area contributed by atoms with E-state index in [1.807, 2.05) is 60.6 Å². The number of nitrogens with zero attached hydrogens (tertiary/aromatic N) is 1. The molecule has 0 spiro atoms. The molecule has 1 N–H and O–H groups in total. The van der Waals surface area contributed by atoms with E-state index in [0.717, 1.165) is 17.9 Å². The third-order valence-corrected chi connectivity index (χ3v) is 4.43. The van der Waals surface area contributed by atoms with E-state index in [4.69, 9.17) is 4.74 Å². The van der Waals surface area contributed by atoms with Crippen LogP contribution in [0.2, 0.25) is 0 Å². The average Bonchev–Trinajstić information content (AvgIpc) is 3.02. The van der Waals surface area contributed by atoms with Crippen LogP contribution in [0.4, 0.5) is 0 Å². The Kier molecular flexibility index (Phi) is 5.98. The molecule has 5 heteroatoms. The molecule has 1 atom stereocenters. The van der Waals surface area contributed by atoms with Crippen LogP contribution in [0.1, 0.15) is 23.4 Å². The highest BCUT2D eigenvalue weighted by molar-refractivity contribution is 7.10. The molecule has 1 aromatic carbocycles. The Balaban J connectivity index is 1.80. The molecular weight excluding hydrogens is 296 g/mol. The van der Waals surface area contributed by atoms with Gasteiger partial charge in [0.15, 0.2) is 0 Å². The number of thiophene rings is 1. The summed E-state index contributed by atoms with van der Waals surface area (Å²) in [5.41, 5.74) is 1.16. The number of amides is 1. The molecule has 1 amide bonds. The summed E-state index contributed by atoms with van der Waals surface area (Å²) in [6, 6.07) is 12.0. The molecule has 0 radical (unpaired) electrons. The van der Waals surface area contributed by atoms with Crippen molar-refractivity contribution >= 4 is 17.2 Å². The lowest BCUT2D eigenvalue weighted by Gasteiger charge is -2.18. The Hall–Kier alpha value is -1.85. The van der Waals surface area contributed by atoms with Gasteiger partial charge in [0, 0.05) is 11.4 Å². The van der Waals surface area contributed by atoms with E-state index in [-0.39, 0.29) is 11.9 Å². The number of carbonyl (C=O) groups is 1. The zero-order chi connectivity index (χ0) is 15.9. The number of methoxy groups -OCH3 is 1. The van der Waals surface area contributed by atoms with E-state index in [1.54, 1.807) is 18.4 Å². The van der Waals surface area contributed by atoms with Crippen LogP contribution in [0.25, 0.3) is 0 Å². The second kappa shape index (κ2) is 7.96. The smallest absolute Gasteiger partial charge is 0.234 e. The first-order valence-corrected chi connectivity index (χ1v) is 8.10. The van der Waals surface area contributed by atoms with Gasteiger partial charge in [-0.15, -0.1) is 11.3 Å². The molecule has 0 saturated carbocycles. The molecule has 0 bridgehead atoms. The summed E-state index contributed by atoms with van der Waals surface area (Å²) in [6.45, 7) is 3.11.